The maximum atomic E-state index is 14.5. The number of aryl methyl sites for hydroxylation is 1. The van der Waals surface area contributed by atoms with Gasteiger partial charge in [-0.2, -0.15) is 13.2 Å². The van der Waals surface area contributed by atoms with Gasteiger partial charge in [0.2, 0.25) is 0 Å². The van der Waals surface area contributed by atoms with Crippen molar-refractivity contribution in [3.63, 3.8) is 0 Å². The second-order valence-electron chi connectivity index (χ2n) is 7.34. The van der Waals surface area contributed by atoms with E-state index in [2.05, 4.69) is 0 Å². The number of aliphatic hydroxyl groups excluding tert-OH is 1. The minimum absolute atomic E-state index is 0.0750. The Labute approximate surface area is 155 Å². The molecule has 0 fully saturated rings. The molecule has 0 saturated carbocycles. The van der Waals surface area contributed by atoms with Gasteiger partial charge in [-0.05, 0) is 37.3 Å². The third kappa shape index (κ3) is 2.91. The summed E-state index contributed by atoms with van der Waals surface area (Å²) in [5.41, 5.74) is -1.84. The third-order valence-electron chi connectivity index (χ3n) is 5.63. The monoisotopic (exact) mass is 407 g/mol. The van der Waals surface area contributed by atoms with Crippen LogP contribution in [0.4, 0.5) is 30.7 Å². The van der Waals surface area contributed by atoms with Crippen molar-refractivity contribution in [2.75, 3.05) is 0 Å². The molecule has 1 aromatic heterocycles. The predicted molar refractivity (Wildman–Crippen MR) is 85.1 cm³/mol. The first-order valence-electron chi connectivity index (χ1n) is 8.85. The van der Waals surface area contributed by atoms with Crippen LogP contribution in [0.25, 0.3) is 0 Å². The highest BCUT2D eigenvalue weighted by atomic mass is 19.4. The van der Waals surface area contributed by atoms with Gasteiger partial charge in [0.1, 0.15) is 17.7 Å². The van der Waals surface area contributed by atoms with Crippen molar-refractivity contribution in [1.29, 1.82) is 0 Å². The van der Waals surface area contributed by atoms with Gasteiger partial charge in [0, 0.05) is 35.5 Å². The molecular weight excluding hydrogens is 391 g/mol. The lowest BCUT2D eigenvalue weighted by Gasteiger charge is -2.33. The molecule has 4 rings (SSSR count). The van der Waals surface area contributed by atoms with E-state index in [4.69, 9.17) is 0 Å². The first-order chi connectivity index (χ1) is 13.0. The van der Waals surface area contributed by atoms with Gasteiger partial charge in [-0.25, -0.2) is 17.6 Å². The van der Waals surface area contributed by atoms with Gasteiger partial charge in [0.05, 0.1) is 11.6 Å². The summed E-state index contributed by atoms with van der Waals surface area (Å²) in [5, 5.41) is 9.94. The van der Waals surface area contributed by atoms with Crippen molar-refractivity contribution in [1.82, 2.24) is 4.57 Å². The van der Waals surface area contributed by atoms with Gasteiger partial charge in [0.25, 0.3) is 5.92 Å². The van der Waals surface area contributed by atoms with Crippen LogP contribution in [0.5, 0.6) is 0 Å². The van der Waals surface area contributed by atoms with Crippen LogP contribution in [0.3, 0.4) is 0 Å². The summed E-state index contributed by atoms with van der Waals surface area (Å²) in [7, 11) is 0. The van der Waals surface area contributed by atoms with Crippen molar-refractivity contribution >= 4 is 0 Å². The van der Waals surface area contributed by atoms with Crippen LogP contribution in [0.15, 0.2) is 18.3 Å². The summed E-state index contributed by atoms with van der Waals surface area (Å²) in [6.07, 6.45) is -6.93. The van der Waals surface area contributed by atoms with E-state index in [-0.39, 0.29) is 24.1 Å². The highest BCUT2D eigenvalue weighted by molar-refractivity contribution is 5.43. The quantitative estimate of drug-likeness (QED) is 0.636. The number of benzene rings is 1. The molecule has 2 nitrogen and oxygen atoms in total. The number of rotatable bonds is 1. The first kappa shape index (κ1) is 19.3. The maximum Gasteiger partial charge on any atom is 0.418 e. The minimum Gasteiger partial charge on any atom is -0.382 e. The van der Waals surface area contributed by atoms with E-state index in [1.165, 1.54) is 0 Å². The smallest absolute Gasteiger partial charge is 0.382 e. The molecule has 9 heteroatoms. The predicted octanol–water partition coefficient (Wildman–Crippen LogP) is 5.33. The fraction of sp³-hybridized carbons (Fsp3) is 0.474. The highest BCUT2D eigenvalue weighted by Crippen LogP contribution is 2.49. The molecule has 1 heterocycles. The van der Waals surface area contributed by atoms with Gasteiger partial charge in [-0.3, -0.25) is 0 Å². The van der Waals surface area contributed by atoms with E-state index < -0.39 is 53.4 Å². The topological polar surface area (TPSA) is 25.2 Å². The Hall–Kier alpha value is -2.03. The summed E-state index contributed by atoms with van der Waals surface area (Å²) >= 11 is 0. The van der Waals surface area contributed by atoms with Crippen molar-refractivity contribution in [2.45, 2.75) is 56.3 Å². The maximum absolute atomic E-state index is 14.5. The van der Waals surface area contributed by atoms with Gasteiger partial charge in [0.15, 0.2) is 0 Å². The van der Waals surface area contributed by atoms with Crippen molar-refractivity contribution in [3.8, 4) is 0 Å². The van der Waals surface area contributed by atoms with Gasteiger partial charge < -0.3 is 9.67 Å². The number of alkyl halides is 5. The molecule has 2 aliphatic rings. The Morgan fingerprint density at radius 1 is 1.07 bits per heavy atom. The van der Waals surface area contributed by atoms with Crippen LogP contribution >= 0.6 is 0 Å². The minimum atomic E-state index is -4.96. The molecular formula is C19H16F7NO. The van der Waals surface area contributed by atoms with Crippen LogP contribution in [-0.4, -0.2) is 15.6 Å². The van der Waals surface area contributed by atoms with Crippen LogP contribution in [-0.2, 0) is 19.0 Å². The molecule has 0 aliphatic heterocycles. The standard InChI is InChI=1S/C19H16F7NO/c20-10-6-9-2-1-3-13(15(9)12(21)7-10)27-8-11(19(24,25)26)16-14(27)4-5-18(22,23)17(16)28/h6-8,13,17,28H,1-5H2/t13-,17+/m1/s1. The third-order valence-corrected chi connectivity index (χ3v) is 5.63. The number of aromatic nitrogens is 1. The van der Waals surface area contributed by atoms with E-state index >= 15 is 0 Å². The molecule has 0 spiro atoms. The fourth-order valence-electron chi connectivity index (χ4n) is 4.41. The summed E-state index contributed by atoms with van der Waals surface area (Å²) in [5.74, 6) is -5.34. The van der Waals surface area contributed by atoms with Crippen LogP contribution in [0.1, 0.15) is 59.4 Å². The first-order valence-corrected chi connectivity index (χ1v) is 8.85. The zero-order chi connectivity index (χ0) is 20.4. The number of halogens is 7. The molecule has 0 amide bonds. The molecule has 0 saturated heterocycles. The average Bonchev–Trinajstić information content (AvgIpc) is 2.97. The molecule has 1 N–H and O–H groups in total. The van der Waals surface area contributed by atoms with E-state index in [1.807, 2.05) is 0 Å². The zero-order valence-electron chi connectivity index (χ0n) is 14.5. The lowest BCUT2D eigenvalue weighted by molar-refractivity contribution is -0.147. The lowest BCUT2D eigenvalue weighted by atomic mass is 9.85. The molecule has 0 radical (unpaired) electrons. The second kappa shape index (κ2) is 6.23. The molecule has 0 bridgehead atoms. The van der Waals surface area contributed by atoms with E-state index in [9.17, 15) is 35.8 Å². The number of hydrogen-bond acceptors (Lipinski definition) is 1. The number of aliphatic hydroxyl groups is 1. The van der Waals surface area contributed by atoms with Gasteiger partial charge in [-0.1, -0.05) is 0 Å². The largest absolute Gasteiger partial charge is 0.418 e. The molecule has 2 atom stereocenters. The Balaban J connectivity index is 1.93. The Kier molecular flexibility index (Phi) is 4.30. The highest BCUT2D eigenvalue weighted by Gasteiger charge is 2.50. The molecule has 0 unspecified atom stereocenters. The van der Waals surface area contributed by atoms with Crippen LogP contribution in [0.2, 0.25) is 0 Å². The SMILES string of the molecule is O[C@H]1c2c(C(F)(F)F)cn([C@@H]3CCCc4cc(F)cc(F)c43)c2CCC1(F)F. The summed E-state index contributed by atoms with van der Waals surface area (Å²) < 4.78 is 97.6. The Morgan fingerprint density at radius 2 is 1.79 bits per heavy atom. The fourth-order valence-corrected chi connectivity index (χ4v) is 4.41. The average molecular weight is 407 g/mol. The Bertz CT molecular complexity index is 931. The summed E-state index contributed by atoms with van der Waals surface area (Å²) in [6.45, 7) is 0. The second-order valence-corrected chi connectivity index (χ2v) is 7.34. The molecule has 28 heavy (non-hydrogen) atoms. The van der Waals surface area contributed by atoms with Crippen molar-refractivity contribution < 1.29 is 35.8 Å². The van der Waals surface area contributed by atoms with Crippen LogP contribution < -0.4 is 0 Å². The molecule has 2 aliphatic carbocycles. The number of fused-ring (bicyclic) bond motifs is 2. The molecule has 152 valence electrons. The lowest BCUT2D eigenvalue weighted by Crippen LogP contribution is -2.34. The van der Waals surface area contributed by atoms with Crippen LogP contribution in [0, 0.1) is 11.6 Å². The summed E-state index contributed by atoms with van der Waals surface area (Å²) in [6, 6.07) is 0.933. The normalized spacial score (nSPS) is 24.0. The molecule has 1 aromatic carbocycles. The van der Waals surface area contributed by atoms with Gasteiger partial charge >= 0.3 is 6.18 Å². The zero-order valence-corrected chi connectivity index (χ0v) is 14.5. The van der Waals surface area contributed by atoms with Gasteiger partial charge in [-0.15, -0.1) is 0 Å². The Morgan fingerprint density at radius 3 is 2.46 bits per heavy atom. The number of nitrogens with zero attached hydrogens (tertiary/aromatic N) is 1. The van der Waals surface area contributed by atoms with Crippen molar-refractivity contribution in [2.24, 2.45) is 0 Å². The molecule has 2 aromatic rings. The van der Waals surface area contributed by atoms with E-state index in [1.54, 1.807) is 0 Å². The van der Waals surface area contributed by atoms with Crippen molar-refractivity contribution in [3.05, 3.63) is 57.9 Å². The number of hydrogen-bond donors (Lipinski definition) is 1. The summed E-state index contributed by atoms with van der Waals surface area (Å²) in [4.78, 5) is 0. The van der Waals surface area contributed by atoms with E-state index in [0.717, 1.165) is 10.6 Å². The van der Waals surface area contributed by atoms with E-state index in [0.29, 0.717) is 30.7 Å².